The molecule has 122 valence electrons. The van der Waals surface area contributed by atoms with E-state index in [-0.39, 0.29) is 5.91 Å². The van der Waals surface area contributed by atoms with Crippen LogP contribution >= 0.6 is 0 Å². The van der Waals surface area contributed by atoms with E-state index in [9.17, 15) is 4.79 Å². The number of nitrogens with one attached hydrogen (secondary N) is 1. The smallest absolute Gasteiger partial charge is 0.220 e. The molecule has 1 amide bonds. The van der Waals surface area contributed by atoms with Crippen LogP contribution in [0.5, 0.6) is 0 Å². The fraction of sp³-hybridized carbons (Fsp3) is 0.938. The number of nitrogens with two attached hydrogens (primary N) is 1. The fourth-order valence-electron chi connectivity index (χ4n) is 3.43. The molecule has 5 heteroatoms. The van der Waals surface area contributed by atoms with Gasteiger partial charge in [0.25, 0.3) is 0 Å². The van der Waals surface area contributed by atoms with Crippen LogP contribution in [-0.4, -0.2) is 68.6 Å². The molecule has 1 aliphatic heterocycles. The number of likely N-dealkylation sites (N-methyl/N-ethyl adjacent to an activating group) is 1. The molecular formula is C16H32N4O. The third kappa shape index (κ3) is 5.93. The van der Waals surface area contributed by atoms with E-state index in [1.165, 1.54) is 25.7 Å². The molecule has 0 aromatic rings. The lowest BCUT2D eigenvalue weighted by atomic mass is 9.80. The average Bonchev–Trinajstić information content (AvgIpc) is 2.50. The molecule has 0 aromatic heterocycles. The maximum absolute atomic E-state index is 12.0. The van der Waals surface area contributed by atoms with Crippen LogP contribution in [-0.2, 0) is 4.79 Å². The summed E-state index contributed by atoms with van der Waals surface area (Å²) < 4.78 is 0. The minimum absolute atomic E-state index is 0.236. The van der Waals surface area contributed by atoms with Gasteiger partial charge in [-0.1, -0.05) is 0 Å². The minimum atomic E-state index is 0.236. The standard InChI is InChI=1S/C16H32N4O/c1-19-8-10-20(11-9-19)7-6-18-16(21)12-14-2-4-15(13-17)5-3-14/h14-15H,2-13,17H2,1H3,(H,18,21). The van der Waals surface area contributed by atoms with Gasteiger partial charge in [0, 0.05) is 45.7 Å². The van der Waals surface area contributed by atoms with Crippen molar-refractivity contribution in [1.29, 1.82) is 0 Å². The van der Waals surface area contributed by atoms with Gasteiger partial charge in [0.2, 0.25) is 5.91 Å². The average molecular weight is 296 g/mol. The molecule has 21 heavy (non-hydrogen) atoms. The first-order valence-electron chi connectivity index (χ1n) is 8.55. The second-order valence-corrected chi connectivity index (χ2v) is 6.82. The van der Waals surface area contributed by atoms with Crippen LogP contribution < -0.4 is 11.1 Å². The highest BCUT2D eigenvalue weighted by Gasteiger charge is 2.22. The molecule has 0 radical (unpaired) electrons. The third-order valence-corrected chi connectivity index (χ3v) is 5.12. The highest BCUT2D eigenvalue weighted by molar-refractivity contribution is 5.76. The van der Waals surface area contributed by atoms with E-state index in [0.717, 1.165) is 45.8 Å². The van der Waals surface area contributed by atoms with Gasteiger partial charge >= 0.3 is 0 Å². The molecular weight excluding hydrogens is 264 g/mol. The van der Waals surface area contributed by atoms with Crippen molar-refractivity contribution in [2.45, 2.75) is 32.1 Å². The largest absolute Gasteiger partial charge is 0.355 e. The molecule has 0 unspecified atom stereocenters. The fourth-order valence-corrected chi connectivity index (χ4v) is 3.43. The van der Waals surface area contributed by atoms with Gasteiger partial charge in [-0.15, -0.1) is 0 Å². The van der Waals surface area contributed by atoms with Crippen molar-refractivity contribution in [3.8, 4) is 0 Å². The molecule has 2 rings (SSSR count). The Morgan fingerprint density at radius 2 is 1.71 bits per heavy atom. The van der Waals surface area contributed by atoms with Crippen molar-refractivity contribution in [3.05, 3.63) is 0 Å². The topological polar surface area (TPSA) is 61.6 Å². The zero-order valence-electron chi connectivity index (χ0n) is 13.5. The monoisotopic (exact) mass is 296 g/mol. The summed E-state index contributed by atoms with van der Waals surface area (Å²) in [5, 5.41) is 3.09. The van der Waals surface area contributed by atoms with Gasteiger partial charge in [-0.25, -0.2) is 0 Å². The number of nitrogens with zero attached hydrogens (tertiary/aromatic N) is 2. The summed E-state index contributed by atoms with van der Waals surface area (Å²) in [4.78, 5) is 16.8. The van der Waals surface area contributed by atoms with Crippen molar-refractivity contribution in [3.63, 3.8) is 0 Å². The lowest BCUT2D eigenvalue weighted by Gasteiger charge is -2.32. The number of amides is 1. The number of piperazine rings is 1. The molecule has 0 spiro atoms. The maximum atomic E-state index is 12.0. The first kappa shape index (κ1) is 16.7. The van der Waals surface area contributed by atoms with Crippen LogP contribution in [0.1, 0.15) is 32.1 Å². The lowest BCUT2D eigenvalue weighted by Crippen LogP contribution is -2.47. The molecule has 0 atom stereocenters. The van der Waals surface area contributed by atoms with Gasteiger partial charge in [-0.05, 0) is 51.1 Å². The Morgan fingerprint density at radius 3 is 2.33 bits per heavy atom. The predicted molar refractivity (Wildman–Crippen MR) is 86.1 cm³/mol. The predicted octanol–water partition coefficient (Wildman–Crippen LogP) is 0.505. The number of carbonyl (C=O) groups is 1. The first-order chi connectivity index (χ1) is 10.2. The number of hydrogen-bond acceptors (Lipinski definition) is 4. The van der Waals surface area contributed by atoms with E-state index in [4.69, 9.17) is 5.73 Å². The summed E-state index contributed by atoms with van der Waals surface area (Å²) >= 11 is 0. The number of rotatable bonds is 6. The lowest BCUT2D eigenvalue weighted by molar-refractivity contribution is -0.122. The molecule has 3 N–H and O–H groups in total. The van der Waals surface area contributed by atoms with Crippen LogP contribution in [0.15, 0.2) is 0 Å². The Bertz CT molecular complexity index is 307. The van der Waals surface area contributed by atoms with E-state index in [2.05, 4.69) is 22.2 Å². The molecule has 5 nitrogen and oxygen atoms in total. The zero-order valence-corrected chi connectivity index (χ0v) is 13.5. The summed E-state index contributed by atoms with van der Waals surface area (Å²) in [5.41, 5.74) is 5.71. The Balaban J connectivity index is 1.54. The van der Waals surface area contributed by atoms with E-state index in [1.54, 1.807) is 0 Å². The van der Waals surface area contributed by atoms with E-state index in [1.807, 2.05) is 0 Å². The van der Waals surface area contributed by atoms with Crippen molar-refractivity contribution in [2.75, 3.05) is 52.9 Å². The summed E-state index contributed by atoms with van der Waals surface area (Å²) in [6.45, 7) is 7.10. The Labute approximate surface area is 129 Å². The quantitative estimate of drug-likeness (QED) is 0.749. The number of hydrogen-bond donors (Lipinski definition) is 2. The normalized spacial score (nSPS) is 28.5. The van der Waals surface area contributed by atoms with Gasteiger partial charge in [-0.3, -0.25) is 9.69 Å². The molecule has 1 aliphatic carbocycles. The van der Waals surface area contributed by atoms with Crippen LogP contribution in [0.25, 0.3) is 0 Å². The Hall–Kier alpha value is -0.650. The molecule has 1 saturated heterocycles. The molecule has 1 heterocycles. The number of carbonyl (C=O) groups excluding carboxylic acids is 1. The van der Waals surface area contributed by atoms with Crippen molar-refractivity contribution >= 4 is 5.91 Å². The van der Waals surface area contributed by atoms with Crippen molar-refractivity contribution < 1.29 is 4.79 Å². The van der Waals surface area contributed by atoms with Gasteiger partial charge in [-0.2, -0.15) is 0 Å². The van der Waals surface area contributed by atoms with Crippen LogP contribution in [0.3, 0.4) is 0 Å². The highest BCUT2D eigenvalue weighted by Crippen LogP contribution is 2.29. The Morgan fingerprint density at radius 1 is 1.10 bits per heavy atom. The summed E-state index contributed by atoms with van der Waals surface area (Å²) in [7, 11) is 2.17. The second-order valence-electron chi connectivity index (χ2n) is 6.82. The summed E-state index contributed by atoms with van der Waals surface area (Å²) in [5.74, 6) is 1.51. The third-order valence-electron chi connectivity index (χ3n) is 5.12. The molecule has 0 bridgehead atoms. The second kappa shape index (κ2) is 8.71. The summed E-state index contributed by atoms with van der Waals surface area (Å²) in [6.07, 6.45) is 5.47. The van der Waals surface area contributed by atoms with E-state index < -0.39 is 0 Å². The van der Waals surface area contributed by atoms with Crippen molar-refractivity contribution in [1.82, 2.24) is 15.1 Å². The molecule has 0 aromatic carbocycles. The zero-order chi connectivity index (χ0) is 15.1. The van der Waals surface area contributed by atoms with E-state index in [0.29, 0.717) is 18.3 Å². The molecule has 2 aliphatic rings. The van der Waals surface area contributed by atoms with Crippen LogP contribution in [0, 0.1) is 11.8 Å². The Kier molecular flexibility index (Phi) is 6.93. The molecule has 1 saturated carbocycles. The SMILES string of the molecule is CN1CCN(CCNC(=O)CC2CCC(CN)CC2)CC1. The highest BCUT2D eigenvalue weighted by atomic mass is 16.1. The van der Waals surface area contributed by atoms with Crippen LogP contribution in [0.2, 0.25) is 0 Å². The minimum Gasteiger partial charge on any atom is -0.355 e. The van der Waals surface area contributed by atoms with E-state index >= 15 is 0 Å². The maximum Gasteiger partial charge on any atom is 0.220 e. The van der Waals surface area contributed by atoms with Crippen molar-refractivity contribution in [2.24, 2.45) is 17.6 Å². The van der Waals surface area contributed by atoms with Gasteiger partial charge in [0.1, 0.15) is 0 Å². The molecule has 2 fully saturated rings. The van der Waals surface area contributed by atoms with Gasteiger partial charge < -0.3 is 16.0 Å². The summed E-state index contributed by atoms with van der Waals surface area (Å²) in [6, 6.07) is 0. The first-order valence-corrected chi connectivity index (χ1v) is 8.55. The van der Waals surface area contributed by atoms with Gasteiger partial charge in [0.05, 0.1) is 0 Å². The van der Waals surface area contributed by atoms with Crippen LogP contribution in [0.4, 0.5) is 0 Å². The van der Waals surface area contributed by atoms with Gasteiger partial charge in [0.15, 0.2) is 0 Å².